The SMILES string of the molecule is Cc1ccn(CC(=O)N2Cc3cc(-c4cccc(F)c4)ccc3OCC2C)n1. The van der Waals surface area contributed by atoms with E-state index in [4.69, 9.17) is 4.74 Å². The molecule has 0 saturated carbocycles. The zero-order valence-corrected chi connectivity index (χ0v) is 15.9. The average Bonchev–Trinajstić information content (AvgIpc) is 3.00. The summed E-state index contributed by atoms with van der Waals surface area (Å²) in [5.41, 5.74) is 3.48. The van der Waals surface area contributed by atoms with Gasteiger partial charge in [-0.3, -0.25) is 9.48 Å². The lowest BCUT2D eigenvalue weighted by Gasteiger charge is -2.26. The summed E-state index contributed by atoms with van der Waals surface area (Å²) < 4.78 is 21.2. The third kappa shape index (κ3) is 3.76. The minimum absolute atomic E-state index is 0.0109. The molecule has 1 unspecified atom stereocenters. The fraction of sp³-hybridized carbons (Fsp3) is 0.273. The summed E-state index contributed by atoms with van der Waals surface area (Å²) in [5, 5.41) is 4.30. The second-order valence-corrected chi connectivity index (χ2v) is 7.17. The number of carbonyl (C=O) groups is 1. The van der Waals surface area contributed by atoms with Crippen LogP contribution in [0.1, 0.15) is 18.2 Å². The van der Waals surface area contributed by atoms with E-state index in [1.807, 2.05) is 55.3 Å². The molecule has 0 fully saturated rings. The molecule has 6 heteroatoms. The first-order chi connectivity index (χ1) is 13.5. The van der Waals surface area contributed by atoms with Crippen LogP contribution in [0.5, 0.6) is 5.75 Å². The van der Waals surface area contributed by atoms with Crippen molar-refractivity contribution in [1.29, 1.82) is 0 Å². The van der Waals surface area contributed by atoms with Crippen molar-refractivity contribution in [3.63, 3.8) is 0 Å². The molecule has 1 aromatic heterocycles. The summed E-state index contributed by atoms with van der Waals surface area (Å²) in [5.74, 6) is 0.476. The molecule has 0 aliphatic carbocycles. The molecular formula is C22H22FN3O2. The van der Waals surface area contributed by atoms with Gasteiger partial charge in [0.05, 0.1) is 11.7 Å². The fourth-order valence-corrected chi connectivity index (χ4v) is 3.45. The van der Waals surface area contributed by atoms with Crippen LogP contribution >= 0.6 is 0 Å². The Labute approximate surface area is 163 Å². The Hall–Kier alpha value is -3.15. The van der Waals surface area contributed by atoms with Crippen molar-refractivity contribution in [2.24, 2.45) is 0 Å². The van der Waals surface area contributed by atoms with Crippen LogP contribution in [0.15, 0.2) is 54.7 Å². The fourth-order valence-electron chi connectivity index (χ4n) is 3.45. The Balaban J connectivity index is 1.61. The second kappa shape index (κ2) is 7.46. The van der Waals surface area contributed by atoms with Gasteiger partial charge in [-0.25, -0.2) is 4.39 Å². The van der Waals surface area contributed by atoms with Crippen molar-refractivity contribution in [2.75, 3.05) is 6.61 Å². The van der Waals surface area contributed by atoms with E-state index in [1.54, 1.807) is 10.7 Å². The summed E-state index contributed by atoms with van der Waals surface area (Å²) in [6.07, 6.45) is 1.81. The van der Waals surface area contributed by atoms with Crippen LogP contribution in [0.4, 0.5) is 4.39 Å². The van der Waals surface area contributed by atoms with Crippen LogP contribution < -0.4 is 4.74 Å². The Morgan fingerprint density at radius 2 is 2.04 bits per heavy atom. The van der Waals surface area contributed by atoms with Crippen LogP contribution in [0.25, 0.3) is 11.1 Å². The van der Waals surface area contributed by atoms with E-state index in [1.165, 1.54) is 12.1 Å². The highest BCUT2D eigenvalue weighted by molar-refractivity contribution is 5.76. The lowest BCUT2D eigenvalue weighted by atomic mass is 10.0. The number of hydrogen-bond acceptors (Lipinski definition) is 3. The van der Waals surface area contributed by atoms with Gasteiger partial charge in [0.15, 0.2) is 0 Å². The van der Waals surface area contributed by atoms with E-state index in [0.717, 1.165) is 28.1 Å². The monoisotopic (exact) mass is 379 g/mol. The van der Waals surface area contributed by atoms with E-state index in [9.17, 15) is 9.18 Å². The summed E-state index contributed by atoms with van der Waals surface area (Å²) in [4.78, 5) is 14.7. The maximum Gasteiger partial charge on any atom is 0.244 e. The topological polar surface area (TPSA) is 47.4 Å². The minimum atomic E-state index is -0.274. The minimum Gasteiger partial charge on any atom is -0.491 e. The van der Waals surface area contributed by atoms with E-state index in [0.29, 0.717) is 13.2 Å². The first-order valence-electron chi connectivity index (χ1n) is 9.31. The molecule has 0 N–H and O–H groups in total. The molecule has 28 heavy (non-hydrogen) atoms. The number of benzene rings is 2. The normalized spacial score (nSPS) is 16.2. The standard InChI is InChI=1S/C22H22FN3O2/c1-15-8-9-25(24-15)13-22(27)26-12-19-10-18(17-4-3-5-20(23)11-17)6-7-21(19)28-14-16(26)2/h3-11,16H,12-14H2,1-2H3. The molecule has 2 heterocycles. The number of halogens is 1. The summed E-state index contributed by atoms with van der Waals surface area (Å²) in [7, 11) is 0. The molecule has 1 amide bonds. The summed E-state index contributed by atoms with van der Waals surface area (Å²) in [6.45, 7) is 4.94. The zero-order valence-electron chi connectivity index (χ0n) is 15.9. The number of ether oxygens (including phenoxy) is 1. The molecule has 0 saturated heterocycles. The number of fused-ring (bicyclic) bond motifs is 1. The molecule has 5 nitrogen and oxygen atoms in total. The van der Waals surface area contributed by atoms with Crippen molar-refractivity contribution < 1.29 is 13.9 Å². The number of amides is 1. The Kier molecular flexibility index (Phi) is 4.86. The van der Waals surface area contributed by atoms with Gasteiger partial charge < -0.3 is 9.64 Å². The lowest BCUT2D eigenvalue weighted by molar-refractivity contribution is -0.135. The number of aromatic nitrogens is 2. The summed E-state index contributed by atoms with van der Waals surface area (Å²) >= 11 is 0. The average molecular weight is 379 g/mol. The Morgan fingerprint density at radius 3 is 2.79 bits per heavy atom. The van der Waals surface area contributed by atoms with E-state index >= 15 is 0 Å². The third-order valence-corrected chi connectivity index (χ3v) is 4.96. The highest BCUT2D eigenvalue weighted by atomic mass is 19.1. The third-order valence-electron chi connectivity index (χ3n) is 4.96. The number of carbonyl (C=O) groups excluding carboxylic acids is 1. The Morgan fingerprint density at radius 1 is 1.21 bits per heavy atom. The molecule has 1 aliphatic rings. The van der Waals surface area contributed by atoms with Crippen molar-refractivity contribution >= 4 is 5.91 Å². The lowest BCUT2D eigenvalue weighted by Crippen LogP contribution is -2.41. The van der Waals surface area contributed by atoms with Gasteiger partial charge in [-0.05, 0) is 55.3 Å². The molecule has 1 atom stereocenters. The van der Waals surface area contributed by atoms with E-state index < -0.39 is 0 Å². The molecule has 144 valence electrons. The Bertz CT molecular complexity index is 1010. The van der Waals surface area contributed by atoms with Gasteiger partial charge >= 0.3 is 0 Å². The maximum atomic E-state index is 13.6. The molecule has 2 aromatic carbocycles. The molecule has 3 aromatic rings. The number of rotatable bonds is 3. The first-order valence-corrected chi connectivity index (χ1v) is 9.31. The first kappa shape index (κ1) is 18.2. The smallest absolute Gasteiger partial charge is 0.244 e. The van der Waals surface area contributed by atoms with Gasteiger partial charge in [0, 0.05) is 18.3 Å². The zero-order chi connectivity index (χ0) is 19.7. The molecule has 0 bridgehead atoms. The van der Waals surface area contributed by atoms with Gasteiger partial charge in [0.25, 0.3) is 0 Å². The van der Waals surface area contributed by atoms with E-state index in [-0.39, 0.29) is 24.3 Å². The number of aryl methyl sites for hydroxylation is 1. The largest absolute Gasteiger partial charge is 0.491 e. The van der Waals surface area contributed by atoms with Crippen molar-refractivity contribution in [3.8, 4) is 16.9 Å². The van der Waals surface area contributed by atoms with Gasteiger partial charge in [0.2, 0.25) is 5.91 Å². The van der Waals surface area contributed by atoms with Crippen LogP contribution in [-0.2, 0) is 17.9 Å². The van der Waals surface area contributed by atoms with Gasteiger partial charge in [-0.15, -0.1) is 0 Å². The second-order valence-electron chi connectivity index (χ2n) is 7.17. The van der Waals surface area contributed by atoms with Gasteiger partial charge in [-0.1, -0.05) is 18.2 Å². The molecule has 4 rings (SSSR count). The van der Waals surface area contributed by atoms with Gasteiger partial charge in [0.1, 0.15) is 24.7 Å². The highest BCUT2D eigenvalue weighted by Crippen LogP contribution is 2.30. The van der Waals surface area contributed by atoms with Crippen molar-refractivity contribution in [1.82, 2.24) is 14.7 Å². The number of nitrogens with zero attached hydrogens (tertiary/aromatic N) is 3. The maximum absolute atomic E-state index is 13.6. The van der Waals surface area contributed by atoms with E-state index in [2.05, 4.69) is 5.10 Å². The molecule has 1 aliphatic heterocycles. The molecule has 0 spiro atoms. The van der Waals surface area contributed by atoms with Crippen LogP contribution in [-0.4, -0.2) is 33.2 Å². The quantitative estimate of drug-likeness (QED) is 0.695. The van der Waals surface area contributed by atoms with Gasteiger partial charge in [-0.2, -0.15) is 5.10 Å². The number of hydrogen-bond donors (Lipinski definition) is 0. The van der Waals surface area contributed by atoms with Crippen molar-refractivity contribution in [3.05, 3.63) is 71.8 Å². The predicted molar refractivity (Wildman–Crippen MR) is 104 cm³/mol. The highest BCUT2D eigenvalue weighted by Gasteiger charge is 2.26. The summed E-state index contributed by atoms with van der Waals surface area (Å²) in [6, 6.07) is 14.1. The van der Waals surface area contributed by atoms with Crippen LogP contribution in [0.3, 0.4) is 0 Å². The van der Waals surface area contributed by atoms with Crippen LogP contribution in [0.2, 0.25) is 0 Å². The molecule has 0 radical (unpaired) electrons. The van der Waals surface area contributed by atoms with Crippen molar-refractivity contribution in [2.45, 2.75) is 33.0 Å². The van der Waals surface area contributed by atoms with Crippen LogP contribution in [0, 0.1) is 12.7 Å². The molecular weight excluding hydrogens is 357 g/mol. The predicted octanol–water partition coefficient (Wildman–Crippen LogP) is 3.81.